The van der Waals surface area contributed by atoms with Gasteiger partial charge in [0.2, 0.25) is 0 Å². The average Bonchev–Trinajstić information content (AvgIpc) is 2.39. The van der Waals surface area contributed by atoms with E-state index < -0.39 is 0 Å². The standard InChI is InChI=1S/C15H16N2/c1-11-5-7-17-10-15(11)14-4-2-3-12-9-16-8-6-13(12)14/h2-5,7,10,16H,6,8-9H2,1H3. The Morgan fingerprint density at radius 2 is 2.12 bits per heavy atom. The Hall–Kier alpha value is -1.67. The maximum Gasteiger partial charge on any atom is 0.0349 e. The van der Waals surface area contributed by atoms with Gasteiger partial charge < -0.3 is 5.32 Å². The Balaban J connectivity index is 2.18. The first-order valence-electron chi connectivity index (χ1n) is 6.09. The van der Waals surface area contributed by atoms with E-state index in [1.54, 1.807) is 0 Å². The second-order valence-electron chi connectivity index (χ2n) is 4.56. The lowest BCUT2D eigenvalue weighted by atomic mass is 9.90. The van der Waals surface area contributed by atoms with Gasteiger partial charge in [-0.05, 0) is 48.2 Å². The molecule has 1 aromatic heterocycles. The minimum atomic E-state index is 0.989. The summed E-state index contributed by atoms with van der Waals surface area (Å²) in [5.74, 6) is 0. The largest absolute Gasteiger partial charge is 0.312 e. The van der Waals surface area contributed by atoms with Crippen LogP contribution in [0.3, 0.4) is 0 Å². The van der Waals surface area contributed by atoms with Crippen LogP contribution >= 0.6 is 0 Å². The number of pyridine rings is 1. The number of nitrogens with zero attached hydrogens (tertiary/aromatic N) is 1. The summed E-state index contributed by atoms with van der Waals surface area (Å²) < 4.78 is 0. The molecule has 2 aromatic rings. The highest BCUT2D eigenvalue weighted by molar-refractivity contribution is 5.71. The van der Waals surface area contributed by atoms with Crippen LogP contribution in [0.15, 0.2) is 36.7 Å². The molecule has 1 aliphatic rings. The summed E-state index contributed by atoms with van der Waals surface area (Å²) in [6.45, 7) is 4.21. The van der Waals surface area contributed by atoms with Crippen molar-refractivity contribution >= 4 is 0 Å². The van der Waals surface area contributed by atoms with Gasteiger partial charge in [-0.25, -0.2) is 0 Å². The monoisotopic (exact) mass is 224 g/mol. The van der Waals surface area contributed by atoms with Crippen molar-refractivity contribution in [1.82, 2.24) is 10.3 Å². The lowest BCUT2D eigenvalue weighted by Gasteiger charge is -2.21. The molecule has 17 heavy (non-hydrogen) atoms. The normalized spacial score (nSPS) is 14.4. The van der Waals surface area contributed by atoms with Crippen LogP contribution in [-0.2, 0) is 13.0 Å². The first kappa shape index (κ1) is 10.5. The van der Waals surface area contributed by atoms with Gasteiger partial charge in [-0.1, -0.05) is 18.2 Å². The van der Waals surface area contributed by atoms with E-state index in [0.717, 1.165) is 19.5 Å². The molecular weight excluding hydrogens is 208 g/mol. The van der Waals surface area contributed by atoms with Gasteiger partial charge in [-0.2, -0.15) is 0 Å². The van der Waals surface area contributed by atoms with E-state index in [9.17, 15) is 0 Å². The molecule has 2 heterocycles. The molecule has 0 saturated carbocycles. The second kappa shape index (κ2) is 4.30. The van der Waals surface area contributed by atoms with E-state index in [-0.39, 0.29) is 0 Å². The summed E-state index contributed by atoms with van der Waals surface area (Å²) in [5, 5.41) is 3.42. The minimum absolute atomic E-state index is 0.989. The summed E-state index contributed by atoms with van der Waals surface area (Å²) >= 11 is 0. The molecule has 0 unspecified atom stereocenters. The Labute approximate surface area is 102 Å². The highest BCUT2D eigenvalue weighted by atomic mass is 14.9. The SMILES string of the molecule is Cc1ccncc1-c1cccc2c1CCNC2. The van der Waals surface area contributed by atoms with Gasteiger partial charge in [-0.3, -0.25) is 4.98 Å². The summed E-state index contributed by atoms with van der Waals surface area (Å²) in [5.41, 5.74) is 6.84. The number of aryl methyl sites for hydroxylation is 1. The summed E-state index contributed by atoms with van der Waals surface area (Å²) in [7, 11) is 0. The van der Waals surface area contributed by atoms with E-state index in [4.69, 9.17) is 0 Å². The van der Waals surface area contributed by atoms with Crippen LogP contribution in [0.2, 0.25) is 0 Å². The molecule has 0 atom stereocenters. The zero-order chi connectivity index (χ0) is 11.7. The molecule has 3 rings (SSSR count). The van der Waals surface area contributed by atoms with Crippen molar-refractivity contribution in [2.45, 2.75) is 19.9 Å². The molecule has 0 bridgehead atoms. The fraction of sp³-hybridized carbons (Fsp3) is 0.267. The van der Waals surface area contributed by atoms with E-state index in [1.807, 2.05) is 12.4 Å². The van der Waals surface area contributed by atoms with Crippen molar-refractivity contribution in [3.05, 3.63) is 53.3 Å². The van der Waals surface area contributed by atoms with Crippen LogP contribution in [0.4, 0.5) is 0 Å². The lowest BCUT2D eigenvalue weighted by Crippen LogP contribution is -2.24. The molecule has 0 amide bonds. The van der Waals surface area contributed by atoms with E-state index in [2.05, 4.69) is 41.5 Å². The maximum absolute atomic E-state index is 4.26. The predicted octanol–water partition coefficient (Wildman–Crippen LogP) is 2.70. The highest BCUT2D eigenvalue weighted by Gasteiger charge is 2.14. The number of rotatable bonds is 1. The van der Waals surface area contributed by atoms with Gasteiger partial charge in [0.05, 0.1) is 0 Å². The molecule has 0 spiro atoms. The van der Waals surface area contributed by atoms with Crippen molar-refractivity contribution in [3.63, 3.8) is 0 Å². The van der Waals surface area contributed by atoms with Crippen LogP contribution in [-0.4, -0.2) is 11.5 Å². The molecule has 86 valence electrons. The number of aromatic nitrogens is 1. The van der Waals surface area contributed by atoms with Crippen LogP contribution in [0.1, 0.15) is 16.7 Å². The first-order chi connectivity index (χ1) is 8.36. The van der Waals surface area contributed by atoms with Gasteiger partial charge in [0, 0.05) is 24.5 Å². The highest BCUT2D eigenvalue weighted by Crippen LogP contribution is 2.29. The van der Waals surface area contributed by atoms with Gasteiger partial charge in [-0.15, -0.1) is 0 Å². The zero-order valence-electron chi connectivity index (χ0n) is 10.0. The molecule has 0 fully saturated rings. The number of nitrogens with one attached hydrogen (secondary N) is 1. The summed E-state index contributed by atoms with van der Waals surface area (Å²) in [4.78, 5) is 4.26. The van der Waals surface area contributed by atoms with Crippen LogP contribution < -0.4 is 5.32 Å². The van der Waals surface area contributed by atoms with Gasteiger partial charge in [0.1, 0.15) is 0 Å². The van der Waals surface area contributed by atoms with Crippen molar-refractivity contribution in [3.8, 4) is 11.1 Å². The lowest BCUT2D eigenvalue weighted by molar-refractivity contribution is 0.645. The van der Waals surface area contributed by atoms with Crippen LogP contribution in [0.25, 0.3) is 11.1 Å². The molecule has 0 aliphatic carbocycles. The van der Waals surface area contributed by atoms with Crippen LogP contribution in [0.5, 0.6) is 0 Å². The molecule has 1 aromatic carbocycles. The fourth-order valence-electron chi connectivity index (χ4n) is 2.53. The quantitative estimate of drug-likeness (QED) is 0.805. The smallest absolute Gasteiger partial charge is 0.0349 e. The Morgan fingerprint density at radius 3 is 3.00 bits per heavy atom. The maximum atomic E-state index is 4.26. The van der Waals surface area contributed by atoms with E-state index in [0.29, 0.717) is 0 Å². The average molecular weight is 224 g/mol. The summed E-state index contributed by atoms with van der Waals surface area (Å²) in [6.07, 6.45) is 4.95. The Kier molecular flexibility index (Phi) is 2.65. The minimum Gasteiger partial charge on any atom is -0.312 e. The third-order valence-corrected chi connectivity index (χ3v) is 3.47. The fourth-order valence-corrected chi connectivity index (χ4v) is 2.53. The molecular formula is C15H16N2. The number of fused-ring (bicyclic) bond motifs is 1. The van der Waals surface area contributed by atoms with Crippen molar-refractivity contribution in [1.29, 1.82) is 0 Å². The zero-order valence-corrected chi connectivity index (χ0v) is 10.0. The van der Waals surface area contributed by atoms with Crippen molar-refractivity contribution in [2.75, 3.05) is 6.54 Å². The topological polar surface area (TPSA) is 24.9 Å². The molecule has 1 aliphatic heterocycles. The van der Waals surface area contributed by atoms with Crippen molar-refractivity contribution < 1.29 is 0 Å². The summed E-state index contributed by atoms with van der Waals surface area (Å²) in [6, 6.07) is 8.66. The molecule has 2 nitrogen and oxygen atoms in total. The van der Waals surface area contributed by atoms with Gasteiger partial charge in [0.25, 0.3) is 0 Å². The Bertz CT molecular complexity index is 546. The van der Waals surface area contributed by atoms with Gasteiger partial charge in [0.15, 0.2) is 0 Å². The predicted molar refractivity (Wildman–Crippen MR) is 69.8 cm³/mol. The van der Waals surface area contributed by atoms with Crippen molar-refractivity contribution in [2.24, 2.45) is 0 Å². The van der Waals surface area contributed by atoms with Gasteiger partial charge >= 0.3 is 0 Å². The third kappa shape index (κ3) is 1.85. The molecule has 0 radical (unpaired) electrons. The van der Waals surface area contributed by atoms with E-state index in [1.165, 1.54) is 27.8 Å². The first-order valence-corrected chi connectivity index (χ1v) is 6.09. The van der Waals surface area contributed by atoms with Crippen LogP contribution in [0, 0.1) is 6.92 Å². The third-order valence-electron chi connectivity index (χ3n) is 3.47. The van der Waals surface area contributed by atoms with E-state index >= 15 is 0 Å². The Morgan fingerprint density at radius 1 is 1.18 bits per heavy atom. The molecule has 1 N–H and O–H groups in total. The number of benzene rings is 1. The molecule has 2 heteroatoms. The molecule has 0 saturated heterocycles. The number of hydrogen-bond donors (Lipinski definition) is 1. The second-order valence-corrected chi connectivity index (χ2v) is 4.56. The number of hydrogen-bond acceptors (Lipinski definition) is 2.